The molecule has 1 aliphatic carbocycles. The van der Waals surface area contributed by atoms with Crippen LogP contribution in [0.1, 0.15) is 18.5 Å². The maximum absolute atomic E-state index is 10.5. The lowest BCUT2D eigenvalue weighted by Crippen LogP contribution is -2.35. The summed E-state index contributed by atoms with van der Waals surface area (Å²) in [6.45, 7) is 1.48. The Balaban J connectivity index is 1.40. The normalized spacial score (nSPS) is 22.2. The third-order valence-corrected chi connectivity index (χ3v) is 5.21. The Kier molecular flexibility index (Phi) is 5.22. The van der Waals surface area contributed by atoms with Gasteiger partial charge in [0.15, 0.2) is 0 Å². The highest BCUT2D eigenvalue weighted by Crippen LogP contribution is 2.28. The van der Waals surface area contributed by atoms with Gasteiger partial charge < -0.3 is 15.2 Å². The Morgan fingerprint density at radius 1 is 1.15 bits per heavy atom. The van der Waals surface area contributed by atoms with Crippen LogP contribution in [0.3, 0.4) is 0 Å². The number of methoxy groups -OCH3 is 1. The Morgan fingerprint density at radius 3 is 2.85 bits per heavy atom. The molecule has 2 N–H and O–H groups in total. The van der Waals surface area contributed by atoms with Crippen LogP contribution in [-0.4, -0.2) is 43.9 Å². The molecule has 2 heterocycles. The van der Waals surface area contributed by atoms with Gasteiger partial charge in [0.05, 0.1) is 18.9 Å². The van der Waals surface area contributed by atoms with Crippen molar-refractivity contribution in [1.29, 1.82) is 0 Å². The lowest BCUT2D eigenvalue weighted by molar-refractivity contribution is 0.145. The molecule has 7 nitrogen and oxygen atoms in total. The van der Waals surface area contributed by atoms with Gasteiger partial charge in [-0.3, -0.25) is 4.68 Å². The molecule has 0 bridgehead atoms. The van der Waals surface area contributed by atoms with E-state index in [0.29, 0.717) is 12.5 Å². The van der Waals surface area contributed by atoms with Crippen molar-refractivity contribution >= 4 is 0 Å². The van der Waals surface area contributed by atoms with E-state index in [-0.39, 0.29) is 12.1 Å². The highest BCUT2D eigenvalue weighted by molar-refractivity contribution is 5.46. The number of aromatic nitrogens is 4. The predicted molar refractivity (Wildman–Crippen MR) is 102 cm³/mol. The Morgan fingerprint density at radius 2 is 2.04 bits per heavy atom. The minimum Gasteiger partial charge on any atom is -0.494 e. The predicted octanol–water partition coefficient (Wildman–Crippen LogP) is 2.01. The van der Waals surface area contributed by atoms with Gasteiger partial charge in [-0.05, 0) is 43.0 Å². The van der Waals surface area contributed by atoms with Crippen LogP contribution >= 0.6 is 0 Å². The van der Waals surface area contributed by atoms with Crippen LogP contribution < -0.4 is 10.1 Å². The van der Waals surface area contributed by atoms with E-state index in [9.17, 15) is 5.11 Å². The summed E-state index contributed by atoms with van der Waals surface area (Å²) in [4.78, 5) is 0. The van der Waals surface area contributed by atoms with Crippen molar-refractivity contribution in [3.8, 4) is 11.4 Å². The summed E-state index contributed by atoms with van der Waals surface area (Å²) >= 11 is 0. The van der Waals surface area contributed by atoms with Gasteiger partial charge in [-0.1, -0.05) is 12.1 Å². The first kappa shape index (κ1) is 17.8. The third kappa shape index (κ3) is 3.89. The van der Waals surface area contributed by atoms with Gasteiger partial charge in [0, 0.05) is 37.7 Å². The van der Waals surface area contributed by atoms with Crippen molar-refractivity contribution in [2.24, 2.45) is 5.92 Å². The van der Waals surface area contributed by atoms with Crippen LogP contribution in [-0.2, 0) is 13.1 Å². The van der Waals surface area contributed by atoms with Gasteiger partial charge in [-0.15, -0.1) is 0 Å². The van der Waals surface area contributed by atoms with Gasteiger partial charge in [0.25, 0.3) is 0 Å². The monoisotopic (exact) mass is 367 g/mol. The van der Waals surface area contributed by atoms with E-state index in [1.54, 1.807) is 19.5 Å². The van der Waals surface area contributed by atoms with Gasteiger partial charge in [-0.2, -0.15) is 10.2 Å². The topological polar surface area (TPSA) is 77.1 Å². The molecule has 1 aliphatic rings. The summed E-state index contributed by atoms with van der Waals surface area (Å²) in [5, 5.41) is 22.7. The first-order valence-corrected chi connectivity index (χ1v) is 9.29. The Bertz CT molecular complexity index is 861. The number of ether oxygens (including phenoxy) is 1. The van der Waals surface area contributed by atoms with E-state index >= 15 is 0 Å². The zero-order valence-corrected chi connectivity index (χ0v) is 15.4. The summed E-state index contributed by atoms with van der Waals surface area (Å²) in [5.74, 6) is 1.21. The van der Waals surface area contributed by atoms with Crippen molar-refractivity contribution in [2.45, 2.75) is 38.1 Å². The number of para-hydroxylation sites is 2. The van der Waals surface area contributed by atoms with E-state index in [0.717, 1.165) is 36.5 Å². The third-order valence-electron chi connectivity index (χ3n) is 5.21. The highest BCUT2D eigenvalue weighted by Gasteiger charge is 2.33. The SMILES string of the molecule is COc1ccccc1-n1nccc1CN[C@@H]1CC(Cn2cccn2)C[C@H]1O. The molecule has 142 valence electrons. The molecule has 4 rings (SSSR count). The number of benzene rings is 1. The highest BCUT2D eigenvalue weighted by atomic mass is 16.5. The molecule has 2 aromatic heterocycles. The quantitative estimate of drug-likeness (QED) is 0.668. The largest absolute Gasteiger partial charge is 0.494 e. The standard InChI is InChI=1S/C20H25N5O2/c1-27-20-6-3-2-5-18(20)25-16(7-9-23-25)13-21-17-11-15(12-19(17)26)14-24-10-4-8-22-24/h2-10,15,17,19,21,26H,11-14H2,1H3/t15?,17-,19-/m1/s1. The molecule has 7 heteroatoms. The first-order valence-electron chi connectivity index (χ1n) is 9.29. The van der Waals surface area contributed by atoms with Crippen molar-refractivity contribution < 1.29 is 9.84 Å². The summed E-state index contributed by atoms with van der Waals surface area (Å²) in [6, 6.07) is 11.8. The van der Waals surface area contributed by atoms with Crippen molar-refractivity contribution in [3.05, 3.63) is 60.7 Å². The minimum absolute atomic E-state index is 0.0755. The zero-order valence-electron chi connectivity index (χ0n) is 15.4. The lowest BCUT2D eigenvalue weighted by Gasteiger charge is -2.17. The summed E-state index contributed by atoms with van der Waals surface area (Å²) in [7, 11) is 1.66. The van der Waals surface area contributed by atoms with Crippen LogP contribution in [0.5, 0.6) is 5.75 Å². The van der Waals surface area contributed by atoms with Crippen molar-refractivity contribution in [2.75, 3.05) is 7.11 Å². The average molecular weight is 367 g/mol. The van der Waals surface area contributed by atoms with Gasteiger partial charge >= 0.3 is 0 Å². The summed E-state index contributed by atoms with van der Waals surface area (Å²) < 4.78 is 9.28. The van der Waals surface area contributed by atoms with Gasteiger partial charge in [0.1, 0.15) is 11.4 Å². The fourth-order valence-electron chi connectivity index (χ4n) is 3.88. The molecule has 1 saturated carbocycles. The minimum atomic E-state index is -0.340. The fourth-order valence-corrected chi connectivity index (χ4v) is 3.88. The molecule has 1 aromatic carbocycles. The van der Waals surface area contributed by atoms with Crippen molar-refractivity contribution in [1.82, 2.24) is 24.9 Å². The van der Waals surface area contributed by atoms with E-state index in [4.69, 9.17) is 4.74 Å². The zero-order chi connectivity index (χ0) is 18.6. The molecule has 27 heavy (non-hydrogen) atoms. The van der Waals surface area contributed by atoms with Gasteiger partial charge in [-0.25, -0.2) is 4.68 Å². The molecule has 1 unspecified atom stereocenters. The fraction of sp³-hybridized carbons (Fsp3) is 0.400. The molecule has 3 atom stereocenters. The second-order valence-electron chi connectivity index (χ2n) is 7.03. The molecule has 0 aliphatic heterocycles. The smallest absolute Gasteiger partial charge is 0.144 e. The van der Waals surface area contributed by atoms with E-state index < -0.39 is 0 Å². The Hall–Kier alpha value is -2.64. The maximum Gasteiger partial charge on any atom is 0.144 e. The summed E-state index contributed by atoms with van der Waals surface area (Å²) in [6.07, 6.45) is 6.94. The van der Waals surface area contributed by atoms with Crippen LogP contribution in [0.2, 0.25) is 0 Å². The van der Waals surface area contributed by atoms with E-state index in [1.165, 1.54) is 0 Å². The number of nitrogens with zero attached hydrogens (tertiary/aromatic N) is 4. The van der Waals surface area contributed by atoms with Crippen LogP contribution in [0.25, 0.3) is 5.69 Å². The van der Waals surface area contributed by atoms with E-state index in [2.05, 4.69) is 15.5 Å². The molecule has 1 fully saturated rings. The molecular weight excluding hydrogens is 342 g/mol. The summed E-state index contributed by atoms with van der Waals surface area (Å²) in [5.41, 5.74) is 1.94. The number of nitrogens with one attached hydrogen (secondary N) is 1. The number of hydrogen-bond donors (Lipinski definition) is 2. The van der Waals surface area contributed by atoms with Crippen LogP contribution in [0.4, 0.5) is 0 Å². The molecule has 0 amide bonds. The van der Waals surface area contributed by atoms with Crippen LogP contribution in [0, 0.1) is 5.92 Å². The first-order chi connectivity index (χ1) is 13.2. The molecule has 0 saturated heterocycles. The number of aliphatic hydroxyl groups excluding tert-OH is 1. The second kappa shape index (κ2) is 7.94. The van der Waals surface area contributed by atoms with Crippen molar-refractivity contribution in [3.63, 3.8) is 0 Å². The van der Waals surface area contributed by atoms with Crippen LogP contribution in [0.15, 0.2) is 55.0 Å². The molecule has 0 radical (unpaired) electrons. The Labute approximate surface area is 158 Å². The molecule has 3 aromatic rings. The average Bonchev–Trinajstić information content (AvgIpc) is 3.42. The van der Waals surface area contributed by atoms with Gasteiger partial charge in [0.2, 0.25) is 0 Å². The second-order valence-corrected chi connectivity index (χ2v) is 7.03. The maximum atomic E-state index is 10.5. The number of hydrogen-bond acceptors (Lipinski definition) is 5. The molecule has 0 spiro atoms. The van der Waals surface area contributed by atoms with E-state index in [1.807, 2.05) is 52.0 Å². The number of aliphatic hydroxyl groups is 1. The number of rotatable bonds is 7. The molecular formula is C20H25N5O2. The lowest BCUT2D eigenvalue weighted by atomic mass is 10.1.